The number of ether oxygens (including phenoxy) is 1. The fourth-order valence-electron chi connectivity index (χ4n) is 4.95. The lowest BCUT2D eigenvalue weighted by Crippen LogP contribution is -2.36. The molecule has 0 spiro atoms. The van der Waals surface area contributed by atoms with Gasteiger partial charge in [-0.15, -0.1) is 18.3 Å². The van der Waals surface area contributed by atoms with Crippen LogP contribution in [0.4, 0.5) is 18.9 Å². The van der Waals surface area contributed by atoms with E-state index in [-0.39, 0.29) is 11.8 Å². The molecule has 1 aromatic heterocycles. The SMILES string of the molecule is Cc1ccc(C(C)C)c(N2C(=NC(O)NCCc3ccc(-c4ncn(-c5ccc(OC(F)(F)F)cc5)n4)cc3)SCC2C)c1. The molecule has 2 heterocycles. The number of benzene rings is 3. The van der Waals surface area contributed by atoms with Crippen molar-refractivity contribution in [3.8, 4) is 22.8 Å². The van der Waals surface area contributed by atoms with Gasteiger partial charge in [-0.2, -0.15) is 0 Å². The minimum absolute atomic E-state index is 0.267. The van der Waals surface area contributed by atoms with Gasteiger partial charge in [-0.25, -0.2) is 14.7 Å². The zero-order valence-corrected chi connectivity index (χ0v) is 25.7. The van der Waals surface area contributed by atoms with E-state index >= 15 is 0 Å². The third kappa shape index (κ3) is 7.79. The number of aliphatic imine (C=N–C) groups is 1. The molecule has 5 rings (SSSR count). The molecular weight excluding hydrogens is 589 g/mol. The highest BCUT2D eigenvalue weighted by Gasteiger charge is 2.32. The number of anilines is 1. The van der Waals surface area contributed by atoms with Crippen molar-refractivity contribution >= 4 is 22.6 Å². The maximum atomic E-state index is 12.4. The average molecular weight is 625 g/mol. The van der Waals surface area contributed by atoms with Crippen LogP contribution in [-0.4, -0.2) is 56.1 Å². The molecule has 4 aromatic rings. The number of halogens is 3. The summed E-state index contributed by atoms with van der Waals surface area (Å²) < 4.78 is 42.6. The molecule has 1 fully saturated rings. The predicted molar refractivity (Wildman–Crippen MR) is 168 cm³/mol. The van der Waals surface area contributed by atoms with Gasteiger partial charge in [0.15, 0.2) is 11.0 Å². The first-order valence-electron chi connectivity index (χ1n) is 14.4. The molecule has 2 atom stereocenters. The highest BCUT2D eigenvalue weighted by atomic mass is 32.2. The van der Waals surface area contributed by atoms with E-state index in [2.05, 4.69) is 75.9 Å². The second-order valence-electron chi connectivity index (χ2n) is 11.0. The third-order valence-corrected chi connectivity index (χ3v) is 8.39. The fourth-order valence-corrected chi connectivity index (χ4v) is 6.09. The van der Waals surface area contributed by atoms with Crippen molar-refractivity contribution in [3.05, 3.63) is 89.7 Å². The van der Waals surface area contributed by atoms with Crippen LogP contribution in [0, 0.1) is 6.92 Å². The molecule has 1 aliphatic heterocycles. The highest BCUT2D eigenvalue weighted by molar-refractivity contribution is 8.14. The second-order valence-corrected chi connectivity index (χ2v) is 12.0. The summed E-state index contributed by atoms with van der Waals surface area (Å²) in [5.74, 6) is 1.45. The van der Waals surface area contributed by atoms with E-state index in [1.54, 1.807) is 11.8 Å². The van der Waals surface area contributed by atoms with Crippen molar-refractivity contribution in [1.82, 2.24) is 20.1 Å². The molecule has 8 nitrogen and oxygen atoms in total. The number of hydrogen-bond donors (Lipinski definition) is 2. The van der Waals surface area contributed by atoms with Crippen LogP contribution in [0.25, 0.3) is 17.1 Å². The van der Waals surface area contributed by atoms with Gasteiger partial charge in [0.25, 0.3) is 0 Å². The molecule has 0 amide bonds. The first-order valence-corrected chi connectivity index (χ1v) is 15.3. The van der Waals surface area contributed by atoms with Crippen LogP contribution in [0.5, 0.6) is 5.75 Å². The van der Waals surface area contributed by atoms with Crippen LogP contribution in [0.3, 0.4) is 0 Å². The number of amidine groups is 1. The number of nitrogens with zero attached hydrogens (tertiary/aromatic N) is 5. The van der Waals surface area contributed by atoms with Crippen LogP contribution in [0.2, 0.25) is 0 Å². The quantitative estimate of drug-likeness (QED) is 0.191. The Morgan fingerprint density at radius 1 is 1.09 bits per heavy atom. The summed E-state index contributed by atoms with van der Waals surface area (Å²) in [5.41, 5.74) is 6.02. The number of aliphatic hydroxyl groups excluding tert-OH is 1. The molecule has 0 radical (unpaired) electrons. The molecule has 12 heteroatoms. The number of aryl methyl sites for hydroxylation is 1. The highest BCUT2D eigenvalue weighted by Crippen LogP contribution is 2.36. The summed E-state index contributed by atoms with van der Waals surface area (Å²) >= 11 is 1.66. The summed E-state index contributed by atoms with van der Waals surface area (Å²) in [5, 5.41) is 19.1. The van der Waals surface area contributed by atoms with E-state index in [1.807, 2.05) is 24.3 Å². The van der Waals surface area contributed by atoms with E-state index in [4.69, 9.17) is 0 Å². The first-order chi connectivity index (χ1) is 21.0. The molecular formula is C32H35F3N6O2S. The lowest BCUT2D eigenvalue weighted by atomic mass is 9.98. The Kier molecular flexibility index (Phi) is 9.62. The number of aliphatic hydroxyl groups is 1. The Balaban J connectivity index is 1.17. The van der Waals surface area contributed by atoms with Gasteiger partial charge in [0.2, 0.25) is 6.35 Å². The molecule has 0 aliphatic carbocycles. The summed E-state index contributed by atoms with van der Waals surface area (Å²) in [6.45, 7) is 9.18. The smallest absolute Gasteiger partial charge is 0.406 e. The van der Waals surface area contributed by atoms with Gasteiger partial charge in [0.05, 0.1) is 5.69 Å². The van der Waals surface area contributed by atoms with Crippen molar-refractivity contribution in [1.29, 1.82) is 0 Å². The number of alkyl halides is 3. The Morgan fingerprint density at radius 2 is 1.82 bits per heavy atom. The molecule has 3 aromatic carbocycles. The summed E-state index contributed by atoms with van der Waals surface area (Å²) in [4.78, 5) is 11.2. The zero-order chi connectivity index (χ0) is 31.4. The van der Waals surface area contributed by atoms with Crippen LogP contribution in [0.1, 0.15) is 43.4 Å². The van der Waals surface area contributed by atoms with E-state index in [0.29, 0.717) is 30.4 Å². The predicted octanol–water partition coefficient (Wildman–Crippen LogP) is 6.67. The van der Waals surface area contributed by atoms with Crippen molar-refractivity contribution in [3.63, 3.8) is 0 Å². The first kappa shape index (κ1) is 31.6. The van der Waals surface area contributed by atoms with Gasteiger partial charge < -0.3 is 14.7 Å². The number of hydrogen-bond acceptors (Lipinski definition) is 7. The van der Waals surface area contributed by atoms with Gasteiger partial charge in [-0.3, -0.25) is 5.32 Å². The maximum absolute atomic E-state index is 12.4. The van der Waals surface area contributed by atoms with Crippen molar-refractivity contribution in [2.24, 2.45) is 4.99 Å². The monoisotopic (exact) mass is 624 g/mol. The number of aromatic nitrogens is 3. The topological polar surface area (TPSA) is 87.8 Å². The fraction of sp³-hybridized carbons (Fsp3) is 0.344. The van der Waals surface area contributed by atoms with Gasteiger partial charge in [-0.1, -0.05) is 62.0 Å². The van der Waals surface area contributed by atoms with Crippen molar-refractivity contribution in [2.45, 2.75) is 58.8 Å². The van der Waals surface area contributed by atoms with Crippen LogP contribution in [0.15, 0.2) is 78.0 Å². The Bertz CT molecular complexity index is 1590. The molecule has 1 aliphatic rings. The van der Waals surface area contributed by atoms with Gasteiger partial charge in [-0.05, 0) is 73.2 Å². The van der Waals surface area contributed by atoms with E-state index in [1.165, 1.54) is 46.4 Å². The zero-order valence-electron chi connectivity index (χ0n) is 24.9. The van der Waals surface area contributed by atoms with Crippen molar-refractivity contribution < 1.29 is 23.0 Å². The summed E-state index contributed by atoms with van der Waals surface area (Å²) in [6, 6.07) is 20.0. The van der Waals surface area contributed by atoms with Gasteiger partial charge in [0, 0.05) is 29.6 Å². The summed E-state index contributed by atoms with van der Waals surface area (Å²) in [6.07, 6.45) is -3.59. The standard InChI is InChI=1S/C32H35F3N6O2S/c1-20(2)27-14-5-21(3)17-28(27)41-22(4)18-44-31(41)38-30(42)36-16-15-23-6-8-24(9-7-23)29-37-19-40(39-29)25-10-12-26(13-11-25)43-32(33,34)35/h5-14,17,19-20,22,30,36,42H,15-16,18H2,1-4H3. The van der Waals surface area contributed by atoms with E-state index in [0.717, 1.165) is 27.7 Å². The van der Waals surface area contributed by atoms with Crippen molar-refractivity contribution in [2.75, 3.05) is 17.2 Å². The Hall–Kier alpha value is -3.87. The van der Waals surface area contributed by atoms with Crippen LogP contribution >= 0.6 is 11.8 Å². The Labute approximate surface area is 259 Å². The van der Waals surface area contributed by atoms with Crippen LogP contribution in [-0.2, 0) is 6.42 Å². The lowest BCUT2D eigenvalue weighted by Gasteiger charge is -2.28. The van der Waals surface area contributed by atoms with Gasteiger partial charge >= 0.3 is 6.36 Å². The minimum atomic E-state index is -4.74. The molecule has 232 valence electrons. The third-order valence-electron chi connectivity index (χ3n) is 7.18. The average Bonchev–Trinajstić information content (AvgIpc) is 3.60. The molecule has 44 heavy (non-hydrogen) atoms. The van der Waals surface area contributed by atoms with Gasteiger partial charge in [0.1, 0.15) is 12.1 Å². The molecule has 2 N–H and O–H groups in total. The second kappa shape index (κ2) is 13.4. The molecule has 0 bridgehead atoms. The van der Waals surface area contributed by atoms with E-state index in [9.17, 15) is 18.3 Å². The normalized spacial score (nSPS) is 17.1. The molecule has 2 unspecified atom stereocenters. The lowest BCUT2D eigenvalue weighted by molar-refractivity contribution is -0.274. The number of thioether (sulfide) groups is 1. The number of nitrogens with one attached hydrogen (secondary N) is 1. The summed E-state index contributed by atoms with van der Waals surface area (Å²) in [7, 11) is 0. The minimum Gasteiger partial charge on any atom is -0.406 e. The maximum Gasteiger partial charge on any atom is 0.573 e. The molecule has 0 saturated carbocycles. The van der Waals surface area contributed by atoms with Crippen LogP contribution < -0.4 is 15.0 Å². The largest absolute Gasteiger partial charge is 0.573 e. The number of rotatable bonds is 10. The molecule has 1 saturated heterocycles. The Morgan fingerprint density at radius 3 is 2.50 bits per heavy atom. The van der Waals surface area contributed by atoms with E-state index < -0.39 is 12.7 Å².